The summed E-state index contributed by atoms with van der Waals surface area (Å²) in [6.07, 6.45) is 0. The molecule has 4 aromatic heterocycles. The third kappa shape index (κ3) is 5.50. The molecule has 0 saturated heterocycles. The summed E-state index contributed by atoms with van der Waals surface area (Å²) in [5, 5.41) is 5.87. The van der Waals surface area contributed by atoms with Gasteiger partial charge in [-0.25, -0.2) is 9.97 Å². The van der Waals surface area contributed by atoms with Crippen LogP contribution in [0.2, 0.25) is 0 Å². The Kier molecular flexibility index (Phi) is 7.84. The van der Waals surface area contributed by atoms with Crippen LogP contribution >= 0.6 is 0 Å². The van der Waals surface area contributed by atoms with Crippen LogP contribution in [0.1, 0.15) is 0 Å². The van der Waals surface area contributed by atoms with E-state index in [1.54, 1.807) is 0 Å². The molecule has 0 N–H and O–H groups in total. The lowest BCUT2D eigenvalue weighted by atomic mass is 10.0. The quantitative estimate of drug-likeness (QED) is 0.168. The molecule has 13 aromatic rings. The predicted molar refractivity (Wildman–Crippen MR) is 261 cm³/mol. The van der Waals surface area contributed by atoms with Gasteiger partial charge in [-0.1, -0.05) is 146 Å². The number of rotatable bonds is 6. The third-order valence-corrected chi connectivity index (χ3v) is 12.6. The van der Waals surface area contributed by atoms with E-state index in [2.05, 4.69) is 232 Å². The lowest BCUT2D eigenvalue weighted by Gasteiger charge is -2.12. The van der Waals surface area contributed by atoms with Crippen molar-refractivity contribution in [2.24, 2.45) is 0 Å². The highest BCUT2D eigenvalue weighted by atomic mass is 15.1. The number of aromatic nitrogens is 5. The van der Waals surface area contributed by atoms with Gasteiger partial charge in [0.05, 0.1) is 39.0 Å². The van der Waals surface area contributed by atoms with E-state index >= 15 is 0 Å². The topological polar surface area (TPSA) is 40.6 Å². The van der Waals surface area contributed by atoms with Gasteiger partial charge in [0.2, 0.25) is 0 Å². The molecular weight excluding hydrogens is 767 g/mol. The summed E-state index contributed by atoms with van der Waals surface area (Å²) < 4.78 is 7.04. The lowest BCUT2D eigenvalue weighted by molar-refractivity contribution is 1.13. The van der Waals surface area contributed by atoms with Crippen LogP contribution in [0.15, 0.2) is 224 Å². The van der Waals surface area contributed by atoms with Crippen LogP contribution in [-0.4, -0.2) is 23.7 Å². The molecule has 5 heteroatoms. The maximum atomic E-state index is 5.63. The van der Waals surface area contributed by atoms with Crippen molar-refractivity contribution in [1.82, 2.24) is 23.7 Å². The van der Waals surface area contributed by atoms with Crippen molar-refractivity contribution >= 4 is 65.7 Å². The lowest BCUT2D eigenvalue weighted by Crippen LogP contribution is -2.00. The fourth-order valence-electron chi connectivity index (χ4n) is 9.80. The minimum absolute atomic E-state index is 0.813. The van der Waals surface area contributed by atoms with Gasteiger partial charge in [0.1, 0.15) is 5.52 Å². The van der Waals surface area contributed by atoms with Crippen molar-refractivity contribution in [2.45, 2.75) is 0 Å². The summed E-state index contributed by atoms with van der Waals surface area (Å²) in [6.45, 7) is 0. The fraction of sp³-hybridized carbons (Fsp3) is 0. The van der Waals surface area contributed by atoms with Gasteiger partial charge in [-0.2, -0.15) is 0 Å². The second-order valence-electron chi connectivity index (χ2n) is 16.2. The van der Waals surface area contributed by atoms with E-state index < -0.39 is 0 Å². The van der Waals surface area contributed by atoms with Crippen LogP contribution in [0.5, 0.6) is 0 Å². The molecule has 0 saturated carbocycles. The number of benzene rings is 9. The van der Waals surface area contributed by atoms with Gasteiger partial charge in [0.25, 0.3) is 0 Å². The number of fused-ring (bicyclic) bond motifs is 9. The molecule has 0 aliphatic carbocycles. The zero-order chi connectivity index (χ0) is 41.4. The van der Waals surface area contributed by atoms with Gasteiger partial charge < -0.3 is 9.13 Å². The van der Waals surface area contributed by atoms with Crippen molar-refractivity contribution in [3.63, 3.8) is 0 Å². The Morgan fingerprint density at radius 3 is 1.22 bits per heavy atom. The van der Waals surface area contributed by atoms with E-state index in [1.165, 1.54) is 38.1 Å². The SMILES string of the molecule is c1ccc(-c2nc3c4cc(-c5ccc6c(c5)c5ccccc5n6-c5ccccc5)ccc4n(-c4ccc5c(c4)c4ccccc4n5-c4ccccc4)c3nc2-c2ccccc2)cc1. The normalized spacial score (nSPS) is 11.8. The Bertz CT molecular complexity index is 3880. The van der Waals surface area contributed by atoms with Crippen molar-refractivity contribution < 1.29 is 0 Å². The molecule has 0 aliphatic heterocycles. The fourth-order valence-corrected chi connectivity index (χ4v) is 9.80. The van der Waals surface area contributed by atoms with Crippen LogP contribution in [0.3, 0.4) is 0 Å². The number of nitrogens with zero attached hydrogens (tertiary/aromatic N) is 5. The van der Waals surface area contributed by atoms with Crippen molar-refractivity contribution in [2.75, 3.05) is 0 Å². The summed E-state index contributed by atoms with van der Waals surface area (Å²) in [5.41, 5.74) is 16.8. The minimum Gasteiger partial charge on any atom is -0.309 e. The maximum Gasteiger partial charge on any atom is 0.165 e. The number of para-hydroxylation sites is 4. The van der Waals surface area contributed by atoms with Gasteiger partial charge in [0, 0.05) is 55.1 Å². The first kappa shape index (κ1) is 35.2. The van der Waals surface area contributed by atoms with Crippen LogP contribution < -0.4 is 0 Å². The zero-order valence-corrected chi connectivity index (χ0v) is 34.1. The standard InChI is InChI=1S/C58H37N5/c1-5-17-38(18-6-1)55-56(39-19-7-2-8-20-39)60-58-57(59-55)49-36-41(40-29-32-52-47(35-40)45-25-13-15-27-50(45)61(52)42-21-9-3-10-22-42)30-33-54(49)63(58)44-31-34-53-48(37-44)46-26-14-16-28-51(46)62(53)43-23-11-4-12-24-43/h1-37H. The summed E-state index contributed by atoms with van der Waals surface area (Å²) >= 11 is 0. The van der Waals surface area contributed by atoms with E-state index in [1.807, 2.05) is 6.07 Å². The molecular formula is C58H37N5. The molecule has 0 fully saturated rings. The Balaban J connectivity index is 1.08. The van der Waals surface area contributed by atoms with Crippen molar-refractivity contribution in [3.05, 3.63) is 224 Å². The van der Waals surface area contributed by atoms with Gasteiger partial charge in [-0.15, -0.1) is 0 Å². The second-order valence-corrected chi connectivity index (χ2v) is 16.2. The van der Waals surface area contributed by atoms with Gasteiger partial charge in [-0.05, 0) is 90.0 Å². The molecule has 63 heavy (non-hydrogen) atoms. The Labute approximate surface area is 363 Å². The van der Waals surface area contributed by atoms with E-state index in [-0.39, 0.29) is 0 Å². The van der Waals surface area contributed by atoms with Crippen molar-refractivity contribution in [3.8, 4) is 50.7 Å². The van der Waals surface area contributed by atoms with Crippen LogP contribution in [0.25, 0.3) is 116 Å². The molecule has 0 spiro atoms. The highest BCUT2D eigenvalue weighted by Crippen LogP contribution is 2.41. The van der Waals surface area contributed by atoms with Gasteiger partial charge >= 0.3 is 0 Å². The van der Waals surface area contributed by atoms with Crippen molar-refractivity contribution in [1.29, 1.82) is 0 Å². The molecule has 13 rings (SSSR count). The number of hydrogen-bond acceptors (Lipinski definition) is 2. The van der Waals surface area contributed by atoms with E-state index in [0.717, 1.165) is 78.3 Å². The average Bonchev–Trinajstić information content (AvgIpc) is 3.99. The molecule has 0 unspecified atom stereocenters. The average molecular weight is 804 g/mol. The smallest absolute Gasteiger partial charge is 0.165 e. The highest BCUT2D eigenvalue weighted by molar-refractivity contribution is 6.13. The monoisotopic (exact) mass is 803 g/mol. The third-order valence-electron chi connectivity index (χ3n) is 12.6. The first-order valence-electron chi connectivity index (χ1n) is 21.4. The molecule has 0 radical (unpaired) electrons. The molecule has 5 nitrogen and oxygen atoms in total. The van der Waals surface area contributed by atoms with E-state index in [9.17, 15) is 0 Å². The Morgan fingerprint density at radius 2 is 0.667 bits per heavy atom. The minimum atomic E-state index is 0.813. The summed E-state index contributed by atoms with van der Waals surface area (Å²) in [5.74, 6) is 0. The summed E-state index contributed by atoms with van der Waals surface area (Å²) in [6, 6.07) is 80.1. The number of hydrogen-bond donors (Lipinski definition) is 0. The summed E-state index contributed by atoms with van der Waals surface area (Å²) in [4.78, 5) is 11.3. The first-order valence-corrected chi connectivity index (χ1v) is 21.4. The molecule has 0 bridgehead atoms. The second kappa shape index (κ2) is 14.0. The molecule has 4 heterocycles. The van der Waals surface area contributed by atoms with E-state index in [4.69, 9.17) is 9.97 Å². The molecule has 9 aromatic carbocycles. The maximum absolute atomic E-state index is 5.63. The summed E-state index contributed by atoms with van der Waals surface area (Å²) in [7, 11) is 0. The zero-order valence-electron chi connectivity index (χ0n) is 34.1. The Hall–Kier alpha value is -8.54. The van der Waals surface area contributed by atoms with E-state index in [0.29, 0.717) is 0 Å². The molecule has 0 amide bonds. The predicted octanol–water partition coefficient (Wildman–Crippen LogP) is 14.8. The molecule has 0 aliphatic rings. The Morgan fingerprint density at radius 1 is 0.254 bits per heavy atom. The van der Waals surface area contributed by atoms with Gasteiger partial charge in [0.15, 0.2) is 5.65 Å². The molecule has 0 atom stereocenters. The molecule has 294 valence electrons. The first-order chi connectivity index (χ1) is 31.3. The van der Waals surface area contributed by atoms with Crippen LogP contribution in [0, 0.1) is 0 Å². The largest absolute Gasteiger partial charge is 0.309 e. The highest BCUT2D eigenvalue weighted by Gasteiger charge is 2.23. The van der Waals surface area contributed by atoms with Gasteiger partial charge in [-0.3, -0.25) is 4.57 Å². The van der Waals surface area contributed by atoms with Crippen LogP contribution in [0.4, 0.5) is 0 Å². The van der Waals surface area contributed by atoms with Crippen LogP contribution in [-0.2, 0) is 0 Å².